The van der Waals surface area contributed by atoms with Crippen LogP contribution >= 0.6 is 0 Å². The number of hydrogen-bond acceptors (Lipinski definition) is 2. The quantitative estimate of drug-likeness (QED) is 0.676. The number of aliphatic hydroxyl groups is 1. The first-order chi connectivity index (χ1) is 12.6. The molecule has 0 saturated carbocycles. The van der Waals surface area contributed by atoms with Gasteiger partial charge in [0.1, 0.15) is 12.4 Å². The van der Waals surface area contributed by atoms with Crippen LogP contribution in [0.1, 0.15) is 31.0 Å². The van der Waals surface area contributed by atoms with Gasteiger partial charge in [0.05, 0.1) is 17.0 Å². The van der Waals surface area contributed by atoms with E-state index >= 15 is 0 Å². The second-order valence-corrected chi connectivity index (χ2v) is 6.30. The van der Waals surface area contributed by atoms with E-state index in [2.05, 4.69) is 25.7 Å². The summed E-state index contributed by atoms with van der Waals surface area (Å²) < 4.78 is 13.4. The normalized spacial score (nSPS) is 10.5. The minimum absolute atomic E-state index is 0.154. The van der Waals surface area contributed by atoms with Crippen molar-refractivity contribution in [3.8, 4) is 34.2 Å². The molecule has 26 heavy (non-hydrogen) atoms. The molecule has 3 rings (SSSR count). The smallest absolute Gasteiger partial charge is 0.123 e. The molecule has 0 amide bonds. The summed E-state index contributed by atoms with van der Waals surface area (Å²) in [7, 11) is 0. The summed E-state index contributed by atoms with van der Waals surface area (Å²) in [5, 5.41) is 9.14. The standard InChI is InChI=1S/C23H20FNO/c1-16(2)23-20(9-6-14-26)21(17-10-12-19(24)13-11-17)15-22(25-23)18-7-4-3-5-8-18/h3-5,7-8,10-13,15-16,26H,14H2,1-2H3. The topological polar surface area (TPSA) is 33.1 Å². The third-order valence-corrected chi connectivity index (χ3v) is 4.11. The lowest BCUT2D eigenvalue weighted by Gasteiger charge is -2.16. The predicted molar refractivity (Wildman–Crippen MR) is 103 cm³/mol. The summed E-state index contributed by atoms with van der Waals surface area (Å²) in [4.78, 5) is 4.84. The van der Waals surface area contributed by atoms with Crippen LogP contribution in [-0.4, -0.2) is 16.7 Å². The molecular weight excluding hydrogens is 325 g/mol. The van der Waals surface area contributed by atoms with E-state index < -0.39 is 0 Å². The fourth-order valence-electron chi connectivity index (χ4n) is 2.86. The number of nitrogens with zero attached hydrogens (tertiary/aromatic N) is 1. The monoisotopic (exact) mass is 345 g/mol. The Balaban J connectivity index is 2.30. The van der Waals surface area contributed by atoms with Gasteiger partial charge < -0.3 is 5.11 Å². The highest BCUT2D eigenvalue weighted by molar-refractivity contribution is 5.77. The van der Waals surface area contributed by atoms with E-state index in [0.717, 1.165) is 33.6 Å². The largest absolute Gasteiger partial charge is 0.384 e. The molecule has 0 aliphatic rings. The van der Waals surface area contributed by atoms with Crippen LogP contribution in [-0.2, 0) is 0 Å². The average molecular weight is 345 g/mol. The van der Waals surface area contributed by atoms with E-state index in [4.69, 9.17) is 10.1 Å². The van der Waals surface area contributed by atoms with Crippen LogP contribution in [0.2, 0.25) is 0 Å². The second kappa shape index (κ2) is 7.95. The van der Waals surface area contributed by atoms with Crippen molar-refractivity contribution >= 4 is 0 Å². The first kappa shape index (κ1) is 17.8. The molecule has 3 aromatic rings. The fourth-order valence-corrected chi connectivity index (χ4v) is 2.86. The molecule has 0 spiro atoms. The molecule has 2 nitrogen and oxygen atoms in total. The zero-order valence-corrected chi connectivity index (χ0v) is 14.8. The van der Waals surface area contributed by atoms with Gasteiger partial charge in [-0.15, -0.1) is 0 Å². The SMILES string of the molecule is CC(C)c1nc(-c2ccccc2)cc(-c2ccc(F)cc2)c1C#CCO. The van der Waals surface area contributed by atoms with Crippen molar-refractivity contribution in [1.82, 2.24) is 4.98 Å². The van der Waals surface area contributed by atoms with Crippen molar-refractivity contribution in [3.05, 3.63) is 77.7 Å². The Labute approximate surface area is 153 Å². The molecule has 0 atom stereocenters. The van der Waals surface area contributed by atoms with E-state index in [9.17, 15) is 4.39 Å². The molecule has 0 aliphatic carbocycles. The molecule has 3 heteroatoms. The van der Waals surface area contributed by atoms with Gasteiger partial charge in [0.15, 0.2) is 0 Å². The van der Waals surface area contributed by atoms with Crippen LogP contribution < -0.4 is 0 Å². The van der Waals surface area contributed by atoms with Crippen LogP contribution in [0.25, 0.3) is 22.4 Å². The number of benzene rings is 2. The number of aromatic nitrogens is 1. The molecule has 2 aromatic carbocycles. The Hall–Kier alpha value is -2.96. The Morgan fingerprint density at radius 3 is 2.31 bits per heavy atom. The van der Waals surface area contributed by atoms with Gasteiger partial charge in [-0.3, -0.25) is 4.98 Å². The molecule has 1 heterocycles. The maximum absolute atomic E-state index is 13.4. The molecule has 0 bridgehead atoms. The van der Waals surface area contributed by atoms with Gasteiger partial charge in [0.2, 0.25) is 0 Å². The van der Waals surface area contributed by atoms with Gasteiger partial charge in [-0.1, -0.05) is 68.2 Å². The molecule has 130 valence electrons. The summed E-state index contributed by atoms with van der Waals surface area (Å²) in [6.07, 6.45) is 0. The highest BCUT2D eigenvalue weighted by Gasteiger charge is 2.16. The molecule has 0 saturated heterocycles. The van der Waals surface area contributed by atoms with Crippen LogP contribution in [0.3, 0.4) is 0 Å². The van der Waals surface area contributed by atoms with Gasteiger partial charge in [-0.25, -0.2) is 4.39 Å². The number of halogens is 1. The summed E-state index contributed by atoms with van der Waals surface area (Å²) in [5.74, 6) is 5.65. The first-order valence-electron chi connectivity index (χ1n) is 8.56. The minimum atomic E-state index is -0.279. The van der Waals surface area contributed by atoms with E-state index in [1.807, 2.05) is 36.4 Å². The van der Waals surface area contributed by atoms with Crippen LogP contribution in [0, 0.1) is 17.7 Å². The summed E-state index contributed by atoms with van der Waals surface area (Å²) in [5.41, 5.74) is 5.27. The Bertz CT molecular complexity index is 951. The second-order valence-electron chi connectivity index (χ2n) is 6.30. The maximum Gasteiger partial charge on any atom is 0.123 e. The summed E-state index contributed by atoms with van der Waals surface area (Å²) in [6.45, 7) is 3.91. The van der Waals surface area contributed by atoms with Crippen molar-refractivity contribution in [2.75, 3.05) is 6.61 Å². The fraction of sp³-hybridized carbons (Fsp3) is 0.174. The van der Waals surface area contributed by atoms with Crippen molar-refractivity contribution in [2.45, 2.75) is 19.8 Å². The summed E-state index contributed by atoms with van der Waals surface area (Å²) in [6, 6.07) is 18.3. The van der Waals surface area contributed by atoms with Crippen LogP contribution in [0.15, 0.2) is 60.7 Å². The zero-order valence-electron chi connectivity index (χ0n) is 14.8. The highest BCUT2D eigenvalue weighted by Crippen LogP contribution is 2.32. The average Bonchev–Trinajstić information content (AvgIpc) is 2.67. The molecule has 0 fully saturated rings. The Morgan fingerprint density at radius 1 is 1.00 bits per heavy atom. The number of aliphatic hydroxyl groups excluding tert-OH is 1. The minimum Gasteiger partial charge on any atom is -0.384 e. The number of hydrogen-bond donors (Lipinski definition) is 1. The van der Waals surface area contributed by atoms with Gasteiger partial charge in [-0.05, 0) is 29.7 Å². The lowest BCUT2D eigenvalue weighted by Crippen LogP contribution is -2.02. The van der Waals surface area contributed by atoms with Gasteiger partial charge >= 0.3 is 0 Å². The summed E-state index contributed by atoms with van der Waals surface area (Å²) >= 11 is 0. The molecular formula is C23H20FNO. The Kier molecular flexibility index (Phi) is 5.46. The third kappa shape index (κ3) is 3.82. The van der Waals surface area contributed by atoms with Gasteiger partial charge in [0, 0.05) is 11.1 Å². The lowest BCUT2D eigenvalue weighted by atomic mass is 9.93. The van der Waals surface area contributed by atoms with E-state index in [-0.39, 0.29) is 18.3 Å². The highest BCUT2D eigenvalue weighted by atomic mass is 19.1. The van der Waals surface area contributed by atoms with E-state index in [1.54, 1.807) is 12.1 Å². The zero-order chi connectivity index (χ0) is 18.5. The third-order valence-electron chi connectivity index (χ3n) is 4.11. The molecule has 1 N–H and O–H groups in total. The van der Waals surface area contributed by atoms with Crippen LogP contribution in [0.5, 0.6) is 0 Å². The van der Waals surface area contributed by atoms with Crippen molar-refractivity contribution < 1.29 is 9.50 Å². The van der Waals surface area contributed by atoms with Crippen molar-refractivity contribution in [2.24, 2.45) is 0 Å². The molecule has 1 aromatic heterocycles. The molecule has 0 radical (unpaired) electrons. The lowest BCUT2D eigenvalue weighted by molar-refractivity contribution is 0.350. The molecule has 0 aliphatic heterocycles. The number of rotatable bonds is 3. The van der Waals surface area contributed by atoms with E-state index in [1.165, 1.54) is 12.1 Å². The number of pyridine rings is 1. The van der Waals surface area contributed by atoms with Gasteiger partial charge in [-0.2, -0.15) is 0 Å². The van der Waals surface area contributed by atoms with Crippen LogP contribution in [0.4, 0.5) is 4.39 Å². The predicted octanol–water partition coefficient (Wildman–Crippen LogP) is 5.02. The molecule has 0 unspecified atom stereocenters. The van der Waals surface area contributed by atoms with Gasteiger partial charge in [0.25, 0.3) is 0 Å². The maximum atomic E-state index is 13.4. The Morgan fingerprint density at radius 2 is 1.69 bits per heavy atom. The van der Waals surface area contributed by atoms with Crippen molar-refractivity contribution in [1.29, 1.82) is 0 Å². The van der Waals surface area contributed by atoms with Crippen molar-refractivity contribution in [3.63, 3.8) is 0 Å². The van der Waals surface area contributed by atoms with E-state index in [0.29, 0.717) is 0 Å². The first-order valence-corrected chi connectivity index (χ1v) is 8.56.